The van der Waals surface area contributed by atoms with Crippen LogP contribution in [-0.4, -0.2) is 36.9 Å². The van der Waals surface area contributed by atoms with Gasteiger partial charge in [-0.3, -0.25) is 4.79 Å². The smallest absolute Gasteiger partial charge is 0.316 e. The first kappa shape index (κ1) is 21.2. The zero-order valence-corrected chi connectivity index (χ0v) is 17.3. The Morgan fingerprint density at radius 2 is 1.87 bits per heavy atom. The molecule has 0 saturated carbocycles. The Morgan fingerprint density at radius 1 is 1.17 bits per heavy atom. The van der Waals surface area contributed by atoms with E-state index in [0.29, 0.717) is 30.2 Å². The Hall–Kier alpha value is -3.55. The summed E-state index contributed by atoms with van der Waals surface area (Å²) in [6.45, 7) is 2.39. The largest absolute Gasteiger partial charge is 0.493 e. The summed E-state index contributed by atoms with van der Waals surface area (Å²) in [7, 11) is 3.18. The van der Waals surface area contributed by atoms with E-state index in [1.54, 1.807) is 26.4 Å². The molecule has 2 aromatic rings. The van der Waals surface area contributed by atoms with Crippen molar-refractivity contribution in [2.24, 2.45) is 16.8 Å². The van der Waals surface area contributed by atoms with Gasteiger partial charge in [0.1, 0.15) is 0 Å². The molecule has 158 valence electrons. The van der Waals surface area contributed by atoms with Crippen molar-refractivity contribution in [2.45, 2.75) is 26.3 Å². The maximum atomic E-state index is 12.7. The van der Waals surface area contributed by atoms with Crippen LogP contribution in [0.4, 0.5) is 10.5 Å². The quantitative estimate of drug-likeness (QED) is 0.730. The van der Waals surface area contributed by atoms with E-state index < -0.39 is 6.03 Å². The van der Waals surface area contributed by atoms with Gasteiger partial charge in [0.05, 0.1) is 26.5 Å². The van der Waals surface area contributed by atoms with Gasteiger partial charge >= 0.3 is 6.03 Å². The zero-order chi connectivity index (χ0) is 21.7. The van der Waals surface area contributed by atoms with E-state index >= 15 is 0 Å². The van der Waals surface area contributed by atoms with Crippen LogP contribution in [0.3, 0.4) is 0 Å². The van der Waals surface area contributed by atoms with E-state index in [1.165, 1.54) is 5.01 Å². The van der Waals surface area contributed by atoms with Crippen molar-refractivity contribution < 1.29 is 19.1 Å². The Labute approximate surface area is 175 Å². The highest BCUT2D eigenvalue weighted by Gasteiger charge is 2.29. The van der Waals surface area contributed by atoms with Crippen molar-refractivity contribution in [3.63, 3.8) is 0 Å². The van der Waals surface area contributed by atoms with Crippen LogP contribution in [0.5, 0.6) is 11.5 Å². The number of urea groups is 1. The van der Waals surface area contributed by atoms with Gasteiger partial charge in [-0.05, 0) is 42.3 Å². The summed E-state index contributed by atoms with van der Waals surface area (Å²) in [6, 6.07) is 12.2. The lowest BCUT2D eigenvalue weighted by atomic mass is 9.89. The molecule has 30 heavy (non-hydrogen) atoms. The normalized spacial score (nSPS) is 16.1. The number of nitrogens with one attached hydrogen (secondary N) is 1. The number of nitrogens with two attached hydrogens (primary N) is 1. The summed E-state index contributed by atoms with van der Waals surface area (Å²) in [5.74, 6) is 1.27. The number of benzene rings is 2. The molecule has 0 radical (unpaired) electrons. The third-order valence-electron chi connectivity index (χ3n) is 5.05. The number of primary amides is 1. The average Bonchev–Trinajstić information content (AvgIpc) is 2.75. The molecule has 0 spiro atoms. The molecule has 2 aromatic carbocycles. The summed E-state index contributed by atoms with van der Waals surface area (Å²) in [5, 5.41) is 8.71. The highest BCUT2D eigenvalue weighted by Crippen LogP contribution is 2.31. The number of rotatable bonds is 7. The highest BCUT2D eigenvalue weighted by molar-refractivity contribution is 6.06. The van der Waals surface area contributed by atoms with Crippen molar-refractivity contribution in [3.05, 3.63) is 53.6 Å². The number of hydrogen-bond donors (Lipinski definition) is 2. The number of hydrogen-bond acceptors (Lipinski definition) is 5. The first-order chi connectivity index (χ1) is 14.4. The molecule has 0 bridgehead atoms. The van der Waals surface area contributed by atoms with Crippen LogP contribution in [0.15, 0.2) is 47.6 Å². The number of anilines is 1. The van der Waals surface area contributed by atoms with Crippen molar-refractivity contribution >= 4 is 23.3 Å². The summed E-state index contributed by atoms with van der Waals surface area (Å²) in [5.41, 5.74) is 8.37. The highest BCUT2D eigenvalue weighted by atomic mass is 16.5. The van der Waals surface area contributed by atoms with Crippen LogP contribution in [0.1, 0.15) is 30.9 Å². The molecule has 0 saturated heterocycles. The molecule has 3 rings (SSSR count). The monoisotopic (exact) mass is 410 g/mol. The fraction of sp³-hybridized carbons (Fsp3) is 0.318. The van der Waals surface area contributed by atoms with Gasteiger partial charge in [0.15, 0.2) is 11.5 Å². The molecule has 3 amide bonds. The van der Waals surface area contributed by atoms with Gasteiger partial charge in [0.2, 0.25) is 5.91 Å². The first-order valence-electron chi connectivity index (χ1n) is 9.71. The Morgan fingerprint density at radius 3 is 2.47 bits per heavy atom. The van der Waals surface area contributed by atoms with Crippen LogP contribution >= 0.6 is 0 Å². The minimum absolute atomic E-state index is 0.0228. The van der Waals surface area contributed by atoms with Crippen LogP contribution in [0, 0.1) is 5.92 Å². The molecule has 0 aromatic heterocycles. The van der Waals surface area contributed by atoms with E-state index in [1.807, 2.05) is 37.3 Å². The van der Waals surface area contributed by atoms with Crippen LogP contribution in [0.2, 0.25) is 0 Å². The average molecular weight is 410 g/mol. The predicted octanol–water partition coefficient (Wildman–Crippen LogP) is 3.36. The molecule has 1 aliphatic rings. The van der Waals surface area contributed by atoms with Crippen molar-refractivity contribution in [1.82, 2.24) is 5.01 Å². The molecule has 3 N–H and O–H groups in total. The van der Waals surface area contributed by atoms with Crippen LogP contribution in [0.25, 0.3) is 0 Å². The Balaban J connectivity index is 1.88. The molecule has 1 heterocycles. The fourth-order valence-electron chi connectivity index (χ4n) is 3.44. The van der Waals surface area contributed by atoms with Gasteiger partial charge in [-0.15, -0.1) is 0 Å². The number of carbonyl (C=O) groups excluding carboxylic acids is 2. The lowest BCUT2D eigenvalue weighted by Crippen LogP contribution is -2.36. The SMILES string of the molecule is CCC1CC(=O)N(Cc2ccc(NC(N)=O)cc2)N=C1c1ccc(OC)c(OC)c1. The van der Waals surface area contributed by atoms with E-state index in [-0.39, 0.29) is 11.8 Å². The number of hydrazone groups is 1. The lowest BCUT2D eigenvalue weighted by Gasteiger charge is -2.29. The molecular weight excluding hydrogens is 384 g/mol. The Bertz CT molecular complexity index is 956. The van der Waals surface area contributed by atoms with Crippen molar-refractivity contribution in [3.8, 4) is 11.5 Å². The molecule has 0 fully saturated rings. The number of amides is 3. The van der Waals surface area contributed by atoms with Gasteiger partial charge in [-0.25, -0.2) is 9.80 Å². The summed E-state index contributed by atoms with van der Waals surface area (Å²) >= 11 is 0. The second-order valence-electron chi connectivity index (χ2n) is 7.00. The fourth-order valence-corrected chi connectivity index (χ4v) is 3.44. The second-order valence-corrected chi connectivity index (χ2v) is 7.00. The minimum atomic E-state index is -0.622. The van der Waals surface area contributed by atoms with Crippen molar-refractivity contribution in [1.29, 1.82) is 0 Å². The first-order valence-corrected chi connectivity index (χ1v) is 9.71. The third-order valence-corrected chi connectivity index (χ3v) is 5.05. The zero-order valence-electron chi connectivity index (χ0n) is 17.3. The number of methoxy groups -OCH3 is 2. The molecule has 8 nitrogen and oxygen atoms in total. The third kappa shape index (κ3) is 4.71. The number of carbonyl (C=O) groups is 2. The van der Waals surface area contributed by atoms with Crippen LogP contribution in [-0.2, 0) is 11.3 Å². The van der Waals surface area contributed by atoms with Gasteiger partial charge < -0.3 is 20.5 Å². The van der Waals surface area contributed by atoms with Gasteiger partial charge in [0.25, 0.3) is 0 Å². The maximum Gasteiger partial charge on any atom is 0.316 e. The number of ether oxygens (including phenoxy) is 2. The second kappa shape index (κ2) is 9.30. The topological polar surface area (TPSA) is 106 Å². The van der Waals surface area contributed by atoms with Gasteiger partial charge in [-0.2, -0.15) is 5.10 Å². The maximum absolute atomic E-state index is 12.7. The number of nitrogens with zero attached hydrogens (tertiary/aromatic N) is 2. The molecule has 1 unspecified atom stereocenters. The molecular formula is C22H26N4O4. The molecule has 1 atom stereocenters. The van der Waals surface area contributed by atoms with E-state index in [2.05, 4.69) is 5.32 Å². The van der Waals surface area contributed by atoms with E-state index in [4.69, 9.17) is 20.3 Å². The molecule has 8 heteroatoms. The minimum Gasteiger partial charge on any atom is -0.493 e. The van der Waals surface area contributed by atoms with E-state index in [9.17, 15) is 9.59 Å². The lowest BCUT2D eigenvalue weighted by molar-refractivity contribution is -0.133. The molecule has 1 aliphatic heterocycles. The van der Waals surface area contributed by atoms with Crippen molar-refractivity contribution in [2.75, 3.05) is 19.5 Å². The van der Waals surface area contributed by atoms with Gasteiger partial charge in [0, 0.05) is 23.6 Å². The predicted molar refractivity (Wildman–Crippen MR) is 115 cm³/mol. The van der Waals surface area contributed by atoms with Gasteiger partial charge in [-0.1, -0.05) is 19.1 Å². The molecule has 0 aliphatic carbocycles. The summed E-state index contributed by atoms with van der Waals surface area (Å²) in [6.07, 6.45) is 1.20. The summed E-state index contributed by atoms with van der Waals surface area (Å²) < 4.78 is 10.7. The summed E-state index contributed by atoms with van der Waals surface area (Å²) in [4.78, 5) is 23.6. The Kier molecular flexibility index (Phi) is 6.56. The van der Waals surface area contributed by atoms with Crippen LogP contribution < -0.4 is 20.5 Å². The standard InChI is InChI=1S/C22H26N4O4/c1-4-15-12-20(27)26(13-14-5-8-17(9-6-14)24-22(23)28)25-21(15)16-7-10-18(29-2)19(11-16)30-3/h5-11,15H,4,12-13H2,1-3H3,(H3,23,24,28). The van der Waals surface area contributed by atoms with E-state index in [0.717, 1.165) is 23.3 Å².